The van der Waals surface area contributed by atoms with E-state index in [9.17, 15) is 0 Å². The first-order valence-corrected chi connectivity index (χ1v) is 10.8. The Hall–Kier alpha value is 0.400. The SMILES string of the molecule is CCCCCCCCCCCCCCCCC[NH+]1CCOCC1.[Br-]. The van der Waals surface area contributed by atoms with Gasteiger partial charge in [0, 0.05) is 0 Å². The Morgan fingerprint density at radius 1 is 0.583 bits per heavy atom. The molecular weight excluding hydrogens is 362 g/mol. The van der Waals surface area contributed by atoms with E-state index in [-0.39, 0.29) is 17.0 Å². The molecule has 1 N–H and O–H groups in total. The van der Waals surface area contributed by atoms with Crippen LogP contribution in [-0.2, 0) is 4.74 Å². The molecule has 0 aromatic heterocycles. The van der Waals surface area contributed by atoms with Gasteiger partial charge in [-0.1, -0.05) is 90.4 Å². The zero-order valence-electron chi connectivity index (χ0n) is 16.4. The summed E-state index contributed by atoms with van der Waals surface area (Å²) in [5, 5.41) is 0. The minimum Gasteiger partial charge on any atom is -1.00 e. The molecule has 1 aliphatic heterocycles. The first-order chi connectivity index (χ1) is 11.4. The topological polar surface area (TPSA) is 13.7 Å². The summed E-state index contributed by atoms with van der Waals surface area (Å²) in [5.74, 6) is 0. The molecule has 1 heterocycles. The van der Waals surface area contributed by atoms with Gasteiger partial charge in [0.15, 0.2) is 0 Å². The Balaban J connectivity index is 0.00000529. The molecule has 0 amide bonds. The molecule has 1 rings (SSSR count). The summed E-state index contributed by atoms with van der Waals surface area (Å²) in [4.78, 5) is 1.77. The second-order valence-electron chi connectivity index (χ2n) is 7.56. The zero-order chi connectivity index (χ0) is 16.4. The molecule has 0 unspecified atom stereocenters. The Morgan fingerprint density at radius 2 is 0.958 bits per heavy atom. The van der Waals surface area contributed by atoms with E-state index >= 15 is 0 Å². The molecule has 0 aromatic carbocycles. The highest BCUT2D eigenvalue weighted by atomic mass is 79.9. The van der Waals surface area contributed by atoms with Gasteiger partial charge in [0.25, 0.3) is 0 Å². The summed E-state index contributed by atoms with van der Waals surface area (Å²) in [6.45, 7) is 8.10. The number of rotatable bonds is 16. The van der Waals surface area contributed by atoms with E-state index in [0.29, 0.717) is 0 Å². The Bertz CT molecular complexity index is 232. The lowest BCUT2D eigenvalue weighted by Gasteiger charge is -2.23. The minimum atomic E-state index is 0. The van der Waals surface area contributed by atoms with Crippen LogP contribution in [-0.4, -0.2) is 32.8 Å². The van der Waals surface area contributed by atoms with Crippen molar-refractivity contribution in [3.63, 3.8) is 0 Å². The van der Waals surface area contributed by atoms with Crippen LogP contribution in [0.15, 0.2) is 0 Å². The zero-order valence-corrected chi connectivity index (χ0v) is 18.0. The number of hydrogen-bond acceptors (Lipinski definition) is 1. The highest BCUT2D eigenvalue weighted by molar-refractivity contribution is 4.50. The van der Waals surface area contributed by atoms with E-state index < -0.39 is 0 Å². The molecular formula is C21H44BrNO. The van der Waals surface area contributed by atoms with Crippen LogP contribution in [0.1, 0.15) is 103 Å². The van der Waals surface area contributed by atoms with Gasteiger partial charge >= 0.3 is 0 Å². The number of halogens is 1. The second-order valence-corrected chi connectivity index (χ2v) is 7.56. The molecule has 0 spiro atoms. The average molecular weight is 406 g/mol. The number of ether oxygens (including phenoxy) is 1. The predicted octanol–water partition coefficient (Wildman–Crippen LogP) is 1.78. The summed E-state index contributed by atoms with van der Waals surface area (Å²) in [6, 6.07) is 0. The lowest BCUT2D eigenvalue weighted by Crippen LogP contribution is -3.14. The fourth-order valence-corrected chi connectivity index (χ4v) is 3.66. The van der Waals surface area contributed by atoms with Crippen molar-refractivity contribution in [3.05, 3.63) is 0 Å². The molecule has 1 saturated heterocycles. The summed E-state index contributed by atoms with van der Waals surface area (Å²) < 4.78 is 5.41. The number of unbranched alkanes of at least 4 members (excludes halogenated alkanes) is 14. The lowest BCUT2D eigenvalue weighted by molar-refractivity contribution is -0.908. The highest BCUT2D eigenvalue weighted by Gasteiger charge is 2.12. The third-order valence-corrected chi connectivity index (χ3v) is 5.33. The quantitative estimate of drug-likeness (QED) is 0.386. The molecule has 0 saturated carbocycles. The number of morpholine rings is 1. The van der Waals surface area contributed by atoms with Crippen molar-refractivity contribution in [2.75, 3.05) is 32.8 Å². The molecule has 2 nitrogen and oxygen atoms in total. The van der Waals surface area contributed by atoms with Crippen LogP contribution in [0.2, 0.25) is 0 Å². The molecule has 0 radical (unpaired) electrons. The molecule has 0 bridgehead atoms. The third kappa shape index (κ3) is 15.9. The van der Waals surface area contributed by atoms with Crippen molar-refractivity contribution in [2.45, 2.75) is 103 Å². The molecule has 3 heteroatoms. The van der Waals surface area contributed by atoms with Crippen molar-refractivity contribution in [3.8, 4) is 0 Å². The monoisotopic (exact) mass is 405 g/mol. The van der Waals surface area contributed by atoms with Gasteiger partial charge in [-0.05, 0) is 12.8 Å². The van der Waals surface area contributed by atoms with Gasteiger partial charge < -0.3 is 26.6 Å². The maximum Gasteiger partial charge on any atom is 0.101 e. The molecule has 0 aromatic rings. The summed E-state index contributed by atoms with van der Waals surface area (Å²) in [5.41, 5.74) is 0. The molecule has 1 fully saturated rings. The summed E-state index contributed by atoms with van der Waals surface area (Å²) >= 11 is 0. The highest BCUT2D eigenvalue weighted by Crippen LogP contribution is 2.13. The van der Waals surface area contributed by atoms with Crippen LogP contribution in [0.4, 0.5) is 0 Å². The lowest BCUT2D eigenvalue weighted by atomic mass is 10.0. The Morgan fingerprint density at radius 3 is 1.38 bits per heavy atom. The Kier molecular flexibility index (Phi) is 20.0. The Labute approximate surface area is 162 Å². The van der Waals surface area contributed by atoms with Gasteiger partial charge in [-0.3, -0.25) is 0 Å². The van der Waals surface area contributed by atoms with Crippen molar-refractivity contribution in [1.82, 2.24) is 0 Å². The molecule has 1 aliphatic rings. The molecule has 24 heavy (non-hydrogen) atoms. The van der Waals surface area contributed by atoms with E-state index in [2.05, 4.69) is 6.92 Å². The smallest absolute Gasteiger partial charge is 0.101 e. The van der Waals surface area contributed by atoms with E-state index in [1.807, 2.05) is 0 Å². The maximum atomic E-state index is 5.41. The van der Waals surface area contributed by atoms with Crippen LogP contribution >= 0.6 is 0 Å². The summed E-state index contributed by atoms with van der Waals surface area (Å²) in [6.07, 6.45) is 21.9. The van der Waals surface area contributed by atoms with Gasteiger partial charge in [0.2, 0.25) is 0 Å². The van der Waals surface area contributed by atoms with Crippen LogP contribution in [0.5, 0.6) is 0 Å². The van der Waals surface area contributed by atoms with Crippen molar-refractivity contribution >= 4 is 0 Å². The number of nitrogens with one attached hydrogen (secondary N) is 1. The minimum absolute atomic E-state index is 0. The number of hydrogen-bond donors (Lipinski definition) is 1. The van der Waals surface area contributed by atoms with Gasteiger partial charge in [0.05, 0.1) is 19.8 Å². The summed E-state index contributed by atoms with van der Waals surface area (Å²) in [7, 11) is 0. The van der Waals surface area contributed by atoms with Crippen LogP contribution < -0.4 is 21.9 Å². The molecule has 0 aliphatic carbocycles. The van der Waals surface area contributed by atoms with Crippen LogP contribution in [0.25, 0.3) is 0 Å². The van der Waals surface area contributed by atoms with Crippen molar-refractivity contribution in [2.24, 2.45) is 0 Å². The first-order valence-electron chi connectivity index (χ1n) is 10.8. The van der Waals surface area contributed by atoms with Crippen molar-refractivity contribution < 1.29 is 26.6 Å². The fraction of sp³-hybridized carbons (Fsp3) is 1.00. The standard InChI is InChI=1S/C21H43NO.BrH/c1-2-3-4-5-6-7-8-9-10-11-12-13-14-15-16-17-22-18-20-23-21-19-22;/h2-21H2,1H3;1H. The van der Waals surface area contributed by atoms with Gasteiger partial charge in [-0.25, -0.2) is 0 Å². The normalized spacial score (nSPS) is 15.4. The average Bonchev–Trinajstić information content (AvgIpc) is 2.59. The van der Waals surface area contributed by atoms with E-state index in [0.717, 1.165) is 13.2 Å². The third-order valence-electron chi connectivity index (χ3n) is 5.33. The van der Waals surface area contributed by atoms with Crippen LogP contribution in [0.3, 0.4) is 0 Å². The van der Waals surface area contributed by atoms with E-state index in [1.54, 1.807) is 4.90 Å². The van der Waals surface area contributed by atoms with E-state index in [1.165, 1.54) is 116 Å². The van der Waals surface area contributed by atoms with Gasteiger partial charge in [-0.2, -0.15) is 0 Å². The molecule has 146 valence electrons. The fourth-order valence-electron chi connectivity index (χ4n) is 3.66. The van der Waals surface area contributed by atoms with Crippen LogP contribution in [0, 0.1) is 0 Å². The second kappa shape index (κ2) is 19.7. The predicted molar refractivity (Wildman–Crippen MR) is 101 cm³/mol. The van der Waals surface area contributed by atoms with Gasteiger partial charge in [0.1, 0.15) is 13.1 Å². The van der Waals surface area contributed by atoms with E-state index in [4.69, 9.17) is 4.74 Å². The first kappa shape index (κ1) is 24.4. The van der Waals surface area contributed by atoms with Gasteiger partial charge in [-0.15, -0.1) is 0 Å². The molecule has 0 atom stereocenters. The number of quaternary nitrogens is 1. The van der Waals surface area contributed by atoms with Crippen molar-refractivity contribution in [1.29, 1.82) is 0 Å². The maximum absolute atomic E-state index is 5.41. The largest absolute Gasteiger partial charge is 1.00 e.